The van der Waals surface area contributed by atoms with E-state index < -0.39 is 0 Å². The highest BCUT2D eigenvalue weighted by Crippen LogP contribution is 2.23. The lowest BCUT2D eigenvalue weighted by molar-refractivity contribution is 0.412. The quantitative estimate of drug-likeness (QED) is 0.873. The third-order valence-electron chi connectivity index (χ3n) is 3.40. The van der Waals surface area contributed by atoms with Crippen molar-refractivity contribution >= 4 is 5.69 Å². The molecule has 1 unspecified atom stereocenters. The zero-order valence-corrected chi connectivity index (χ0v) is 9.84. The van der Waals surface area contributed by atoms with Gasteiger partial charge in [0.05, 0.1) is 6.04 Å². The lowest BCUT2D eigenvalue weighted by Crippen LogP contribution is -2.24. The van der Waals surface area contributed by atoms with Gasteiger partial charge in [-0.2, -0.15) is 0 Å². The fourth-order valence-corrected chi connectivity index (χ4v) is 2.50. The third-order valence-corrected chi connectivity index (χ3v) is 3.40. The van der Waals surface area contributed by atoms with E-state index in [0.717, 1.165) is 13.0 Å². The summed E-state index contributed by atoms with van der Waals surface area (Å²) in [6.07, 6.45) is 7.62. The number of fused-ring (bicyclic) bond motifs is 1. The van der Waals surface area contributed by atoms with Gasteiger partial charge in [0.15, 0.2) is 0 Å². The monoisotopic (exact) mass is 227 g/mol. The maximum Gasteiger partial charge on any atom is 0.108 e. The van der Waals surface area contributed by atoms with Crippen molar-refractivity contribution in [3.8, 4) is 0 Å². The fraction of sp³-hybridized carbons (Fsp3) is 0.357. The number of anilines is 1. The average molecular weight is 227 g/mol. The van der Waals surface area contributed by atoms with Gasteiger partial charge in [0.25, 0.3) is 0 Å². The molecule has 1 atom stereocenters. The summed E-state index contributed by atoms with van der Waals surface area (Å²) in [5, 5.41) is 3.50. The minimum atomic E-state index is 0.543. The lowest BCUT2D eigenvalue weighted by atomic mass is 10.0. The van der Waals surface area contributed by atoms with Crippen molar-refractivity contribution in [2.45, 2.75) is 25.3 Å². The molecular formula is C14H17N3. The van der Waals surface area contributed by atoms with Crippen LogP contribution in [0.15, 0.2) is 42.7 Å². The van der Waals surface area contributed by atoms with Crippen LogP contribution in [-0.4, -0.2) is 16.1 Å². The van der Waals surface area contributed by atoms with Gasteiger partial charge in [0.2, 0.25) is 0 Å². The van der Waals surface area contributed by atoms with E-state index in [9.17, 15) is 0 Å². The molecule has 0 radical (unpaired) electrons. The van der Waals surface area contributed by atoms with Crippen molar-refractivity contribution < 1.29 is 0 Å². The number of benzene rings is 1. The van der Waals surface area contributed by atoms with Crippen LogP contribution in [0.4, 0.5) is 5.69 Å². The van der Waals surface area contributed by atoms with Crippen LogP contribution in [0.2, 0.25) is 0 Å². The maximum absolute atomic E-state index is 4.40. The van der Waals surface area contributed by atoms with Gasteiger partial charge in [-0.05, 0) is 25.0 Å². The summed E-state index contributed by atoms with van der Waals surface area (Å²) in [7, 11) is 0. The summed E-state index contributed by atoms with van der Waals surface area (Å²) in [5.41, 5.74) is 1.19. The van der Waals surface area contributed by atoms with Gasteiger partial charge in [0, 0.05) is 31.0 Å². The highest BCUT2D eigenvalue weighted by Gasteiger charge is 2.19. The number of rotatable bonds is 3. The van der Waals surface area contributed by atoms with E-state index in [-0.39, 0.29) is 0 Å². The predicted molar refractivity (Wildman–Crippen MR) is 69.1 cm³/mol. The first-order valence-corrected chi connectivity index (χ1v) is 6.24. The van der Waals surface area contributed by atoms with Gasteiger partial charge in [-0.1, -0.05) is 18.2 Å². The van der Waals surface area contributed by atoms with Crippen molar-refractivity contribution in [1.82, 2.24) is 9.55 Å². The summed E-state index contributed by atoms with van der Waals surface area (Å²) >= 11 is 0. The molecule has 0 bridgehead atoms. The molecule has 1 aromatic heterocycles. The first-order chi connectivity index (χ1) is 8.43. The summed E-state index contributed by atoms with van der Waals surface area (Å²) in [4.78, 5) is 4.40. The first-order valence-electron chi connectivity index (χ1n) is 6.24. The summed E-state index contributed by atoms with van der Waals surface area (Å²) in [6.45, 7) is 0.980. The molecule has 1 aliphatic rings. The molecule has 2 heterocycles. The zero-order valence-electron chi connectivity index (χ0n) is 9.84. The van der Waals surface area contributed by atoms with E-state index in [4.69, 9.17) is 0 Å². The molecule has 1 aromatic carbocycles. The van der Waals surface area contributed by atoms with Crippen LogP contribution in [0.1, 0.15) is 24.7 Å². The Balaban J connectivity index is 1.68. The Morgan fingerprint density at radius 2 is 2.18 bits per heavy atom. The number of hydrogen-bond acceptors (Lipinski definition) is 2. The van der Waals surface area contributed by atoms with Crippen molar-refractivity contribution in [1.29, 1.82) is 0 Å². The van der Waals surface area contributed by atoms with E-state index in [2.05, 4.69) is 45.3 Å². The SMILES string of the molecule is c1ccc(NCC2CCCc3nccn32)cc1. The smallest absolute Gasteiger partial charge is 0.108 e. The summed E-state index contributed by atoms with van der Waals surface area (Å²) in [5.74, 6) is 1.23. The second kappa shape index (κ2) is 4.62. The fourth-order valence-electron chi connectivity index (χ4n) is 2.50. The van der Waals surface area contributed by atoms with Crippen molar-refractivity contribution in [2.24, 2.45) is 0 Å². The van der Waals surface area contributed by atoms with Crippen LogP contribution in [-0.2, 0) is 6.42 Å². The average Bonchev–Trinajstić information content (AvgIpc) is 2.86. The zero-order chi connectivity index (χ0) is 11.5. The number of para-hydroxylation sites is 1. The molecule has 3 nitrogen and oxygen atoms in total. The highest BCUT2D eigenvalue weighted by atomic mass is 15.1. The van der Waals surface area contributed by atoms with E-state index in [1.54, 1.807) is 0 Å². The van der Waals surface area contributed by atoms with Crippen LogP contribution in [0.5, 0.6) is 0 Å². The van der Waals surface area contributed by atoms with Crippen LogP contribution in [0.25, 0.3) is 0 Å². The summed E-state index contributed by atoms with van der Waals surface area (Å²) < 4.78 is 2.32. The standard InChI is InChI=1S/C14H17N3/c1-2-5-12(6-3-1)16-11-13-7-4-8-14-15-9-10-17(13)14/h1-3,5-6,9-10,13,16H,4,7-8,11H2. The number of imidazole rings is 1. The number of aryl methyl sites for hydroxylation is 1. The maximum atomic E-state index is 4.40. The number of hydrogen-bond donors (Lipinski definition) is 1. The van der Waals surface area contributed by atoms with Gasteiger partial charge < -0.3 is 9.88 Å². The Morgan fingerprint density at radius 3 is 3.06 bits per heavy atom. The molecule has 3 rings (SSSR count). The van der Waals surface area contributed by atoms with Crippen molar-refractivity contribution in [2.75, 3.05) is 11.9 Å². The normalized spacial score (nSPS) is 18.7. The van der Waals surface area contributed by atoms with Gasteiger partial charge in [0.1, 0.15) is 5.82 Å². The van der Waals surface area contributed by atoms with Crippen molar-refractivity contribution in [3.63, 3.8) is 0 Å². The topological polar surface area (TPSA) is 29.9 Å². The van der Waals surface area contributed by atoms with E-state index in [0.29, 0.717) is 6.04 Å². The Hall–Kier alpha value is -1.77. The molecule has 1 N–H and O–H groups in total. The van der Waals surface area contributed by atoms with Crippen LogP contribution in [0.3, 0.4) is 0 Å². The molecule has 17 heavy (non-hydrogen) atoms. The highest BCUT2D eigenvalue weighted by molar-refractivity contribution is 5.42. The van der Waals surface area contributed by atoms with Crippen molar-refractivity contribution in [3.05, 3.63) is 48.5 Å². The van der Waals surface area contributed by atoms with E-state index in [1.807, 2.05) is 12.3 Å². The predicted octanol–water partition coefficient (Wildman–Crippen LogP) is 2.87. The summed E-state index contributed by atoms with van der Waals surface area (Å²) in [6, 6.07) is 10.9. The molecule has 0 fully saturated rings. The van der Waals surface area contributed by atoms with Gasteiger partial charge in [-0.15, -0.1) is 0 Å². The third kappa shape index (κ3) is 2.18. The second-order valence-corrected chi connectivity index (χ2v) is 4.54. The molecule has 2 aromatic rings. The Bertz CT molecular complexity index is 475. The Labute approximate surface area is 101 Å². The molecule has 3 heteroatoms. The molecule has 1 aliphatic heterocycles. The van der Waals surface area contributed by atoms with Crippen LogP contribution < -0.4 is 5.32 Å². The Kier molecular flexibility index (Phi) is 2.82. The molecule has 0 saturated carbocycles. The van der Waals surface area contributed by atoms with Gasteiger partial charge >= 0.3 is 0 Å². The number of aromatic nitrogens is 2. The molecule has 0 amide bonds. The number of nitrogens with one attached hydrogen (secondary N) is 1. The van der Waals surface area contributed by atoms with Crippen LogP contribution in [0, 0.1) is 0 Å². The Morgan fingerprint density at radius 1 is 1.29 bits per heavy atom. The molecular weight excluding hydrogens is 210 g/mol. The molecule has 88 valence electrons. The minimum Gasteiger partial charge on any atom is -0.383 e. The lowest BCUT2D eigenvalue weighted by Gasteiger charge is -2.25. The number of nitrogens with zero attached hydrogens (tertiary/aromatic N) is 2. The van der Waals surface area contributed by atoms with E-state index in [1.165, 1.54) is 24.4 Å². The second-order valence-electron chi connectivity index (χ2n) is 4.54. The first kappa shape index (κ1) is 10.4. The largest absolute Gasteiger partial charge is 0.383 e. The molecule has 0 aliphatic carbocycles. The van der Waals surface area contributed by atoms with Gasteiger partial charge in [-0.25, -0.2) is 4.98 Å². The minimum absolute atomic E-state index is 0.543. The molecule has 0 spiro atoms. The molecule has 0 saturated heterocycles. The van der Waals surface area contributed by atoms with Crippen LogP contribution >= 0.6 is 0 Å². The van der Waals surface area contributed by atoms with Gasteiger partial charge in [-0.3, -0.25) is 0 Å². The van der Waals surface area contributed by atoms with E-state index >= 15 is 0 Å².